The summed E-state index contributed by atoms with van der Waals surface area (Å²) in [6, 6.07) is 3.40. The van der Waals surface area contributed by atoms with Gasteiger partial charge in [-0.05, 0) is 43.5 Å². The van der Waals surface area contributed by atoms with Gasteiger partial charge in [0, 0.05) is 12.2 Å². The highest BCUT2D eigenvalue weighted by molar-refractivity contribution is 7.89. The van der Waals surface area contributed by atoms with Crippen molar-refractivity contribution in [1.29, 1.82) is 0 Å². The lowest BCUT2D eigenvalue weighted by Gasteiger charge is -2.21. The molecule has 0 atom stereocenters. The van der Waals surface area contributed by atoms with Gasteiger partial charge < -0.3 is 5.73 Å². The fraction of sp³-hybridized carbons (Fsp3) is 0.429. The molecule has 0 fully saturated rings. The second-order valence-electron chi connectivity index (χ2n) is 4.52. The number of terminal acetylenes is 1. The minimum Gasteiger partial charge on any atom is -0.398 e. The first-order valence-electron chi connectivity index (χ1n) is 6.15. The molecule has 0 spiro atoms. The highest BCUT2D eigenvalue weighted by Gasteiger charge is 2.25. The summed E-state index contributed by atoms with van der Waals surface area (Å²) in [5, 5.41) is 0. The summed E-state index contributed by atoms with van der Waals surface area (Å²) in [6.45, 7) is 5.92. The van der Waals surface area contributed by atoms with Crippen molar-refractivity contribution in [3.63, 3.8) is 0 Å². The van der Waals surface area contributed by atoms with E-state index in [0.29, 0.717) is 24.2 Å². The van der Waals surface area contributed by atoms with Crippen molar-refractivity contribution in [2.24, 2.45) is 0 Å². The van der Waals surface area contributed by atoms with Crippen LogP contribution in [0.5, 0.6) is 0 Å². The van der Waals surface area contributed by atoms with E-state index in [1.165, 1.54) is 4.31 Å². The van der Waals surface area contributed by atoms with E-state index in [2.05, 4.69) is 5.92 Å². The molecule has 0 saturated heterocycles. The molecule has 0 bridgehead atoms. The van der Waals surface area contributed by atoms with Crippen molar-refractivity contribution in [3.05, 3.63) is 23.3 Å². The number of rotatable bonds is 5. The molecule has 1 aromatic rings. The van der Waals surface area contributed by atoms with Crippen LogP contribution in [0.25, 0.3) is 0 Å². The van der Waals surface area contributed by atoms with E-state index >= 15 is 0 Å². The van der Waals surface area contributed by atoms with Crippen molar-refractivity contribution in [3.8, 4) is 12.3 Å². The minimum atomic E-state index is -3.59. The Kier molecular flexibility index (Phi) is 4.98. The average Bonchev–Trinajstić information content (AvgIpc) is 2.33. The van der Waals surface area contributed by atoms with Crippen LogP contribution in [0.3, 0.4) is 0 Å². The first-order valence-corrected chi connectivity index (χ1v) is 7.59. The molecule has 0 aliphatic carbocycles. The molecular weight excluding hydrogens is 260 g/mol. The van der Waals surface area contributed by atoms with Gasteiger partial charge in [0.2, 0.25) is 10.0 Å². The molecule has 104 valence electrons. The van der Waals surface area contributed by atoms with Crippen LogP contribution >= 0.6 is 0 Å². The summed E-state index contributed by atoms with van der Waals surface area (Å²) in [7, 11) is -3.59. The Morgan fingerprint density at radius 2 is 2.00 bits per heavy atom. The molecule has 0 aliphatic heterocycles. The monoisotopic (exact) mass is 280 g/mol. The van der Waals surface area contributed by atoms with Gasteiger partial charge in [-0.2, -0.15) is 4.31 Å². The second-order valence-corrected chi connectivity index (χ2v) is 6.43. The minimum absolute atomic E-state index is 0.0729. The topological polar surface area (TPSA) is 63.4 Å². The van der Waals surface area contributed by atoms with E-state index < -0.39 is 10.0 Å². The standard InChI is InChI=1S/C14H20N2O2S/c1-5-7-16(8-6-2)19(17,18)14-10-11(3)9-13(15)12(14)4/h1,9-10H,6-8,15H2,2-4H3. The Balaban J connectivity index is 3.37. The van der Waals surface area contributed by atoms with Gasteiger partial charge in [-0.3, -0.25) is 0 Å². The molecule has 0 saturated carbocycles. The Morgan fingerprint density at radius 3 is 2.53 bits per heavy atom. The van der Waals surface area contributed by atoms with Crippen LogP contribution in [0, 0.1) is 26.2 Å². The zero-order valence-corrected chi connectivity index (χ0v) is 12.4. The summed E-state index contributed by atoms with van der Waals surface area (Å²) in [6.07, 6.45) is 5.96. The van der Waals surface area contributed by atoms with Gasteiger partial charge in [0.05, 0.1) is 11.4 Å². The Morgan fingerprint density at radius 1 is 1.37 bits per heavy atom. The van der Waals surface area contributed by atoms with Crippen LogP contribution in [-0.2, 0) is 10.0 Å². The number of nitrogens with two attached hydrogens (primary N) is 1. The van der Waals surface area contributed by atoms with E-state index in [1.807, 2.05) is 13.8 Å². The fourth-order valence-corrected chi connectivity index (χ4v) is 3.68. The molecule has 0 aliphatic rings. The number of nitrogens with zero attached hydrogens (tertiary/aromatic N) is 1. The molecular formula is C14H20N2O2S. The highest BCUT2D eigenvalue weighted by Crippen LogP contribution is 2.25. The maximum Gasteiger partial charge on any atom is 0.244 e. The predicted molar refractivity (Wildman–Crippen MR) is 78.2 cm³/mol. The number of aryl methyl sites for hydroxylation is 1. The van der Waals surface area contributed by atoms with Crippen LogP contribution in [0.2, 0.25) is 0 Å². The molecule has 1 aromatic carbocycles. The smallest absolute Gasteiger partial charge is 0.244 e. The molecule has 0 aromatic heterocycles. The molecule has 4 nitrogen and oxygen atoms in total. The lowest BCUT2D eigenvalue weighted by atomic mass is 10.1. The molecule has 0 radical (unpaired) electrons. The van der Waals surface area contributed by atoms with Crippen molar-refractivity contribution in [2.45, 2.75) is 32.1 Å². The van der Waals surface area contributed by atoms with Crippen molar-refractivity contribution in [2.75, 3.05) is 18.8 Å². The quantitative estimate of drug-likeness (QED) is 0.662. The lowest BCUT2D eigenvalue weighted by molar-refractivity contribution is 0.445. The predicted octanol–water partition coefficient (Wildman–Crippen LogP) is 1.92. The van der Waals surface area contributed by atoms with Gasteiger partial charge in [-0.25, -0.2) is 8.42 Å². The SMILES string of the molecule is C#CCN(CCC)S(=O)(=O)c1cc(C)cc(N)c1C. The molecule has 0 unspecified atom stereocenters. The number of benzene rings is 1. The van der Waals surface area contributed by atoms with Gasteiger partial charge in [0.15, 0.2) is 0 Å². The first kappa shape index (κ1) is 15.5. The van der Waals surface area contributed by atoms with E-state index in [0.717, 1.165) is 5.56 Å². The average molecular weight is 280 g/mol. The number of anilines is 1. The van der Waals surface area contributed by atoms with Crippen molar-refractivity contribution >= 4 is 15.7 Å². The molecule has 0 heterocycles. The van der Waals surface area contributed by atoms with Crippen LogP contribution in [0.15, 0.2) is 17.0 Å². The normalized spacial score (nSPS) is 11.5. The number of sulfonamides is 1. The van der Waals surface area contributed by atoms with Crippen LogP contribution < -0.4 is 5.73 Å². The number of nitrogen functional groups attached to an aromatic ring is 1. The van der Waals surface area contributed by atoms with Gasteiger partial charge in [0.25, 0.3) is 0 Å². The Labute approximate surface area is 115 Å². The van der Waals surface area contributed by atoms with Crippen LogP contribution in [0.4, 0.5) is 5.69 Å². The highest BCUT2D eigenvalue weighted by atomic mass is 32.2. The maximum absolute atomic E-state index is 12.6. The van der Waals surface area contributed by atoms with Crippen LogP contribution in [-0.4, -0.2) is 25.8 Å². The summed E-state index contributed by atoms with van der Waals surface area (Å²) >= 11 is 0. The number of hydrogen-bond acceptors (Lipinski definition) is 3. The van der Waals surface area contributed by atoms with Crippen molar-refractivity contribution < 1.29 is 8.42 Å². The van der Waals surface area contributed by atoms with Gasteiger partial charge >= 0.3 is 0 Å². The molecule has 5 heteroatoms. The zero-order valence-electron chi connectivity index (χ0n) is 11.6. The van der Waals surface area contributed by atoms with E-state index in [-0.39, 0.29) is 11.4 Å². The van der Waals surface area contributed by atoms with Gasteiger partial charge in [-0.1, -0.05) is 12.8 Å². The zero-order chi connectivity index (χ0) is 14.6. The fourth-order valence-electron chi connectivity index (χ4n) is 1.89. The molecule has 1 rings (SSSR count). The molecule has 2 N–H and O–H groups in total. The first-order chi connectivity index (χ1) is 8.84. The second kappa shape index (κ2) is 6.09. The summed E-state index contributed by atoms with van der Waals surface area (Å²) < 4.78 is 26.5. The third kappa shape index (κ3) is 3.28. The van der Waals surface area contributed by atoms with Crippen molar-refractivity contribution in [1.82, 2.24) is 4.31 Å². The summed E-state index contributed by atoms with van der Waals surface area (Å²) in [4.78, 5) is 0.244. The Hall–Kier alpha value is -1.51. The van der Waals surface area contributed by atoms with Gasteiger partial charge in [0.1, 0.15) is 0 Å². The van der Waals surface area contributed by atoms with E-state index in [9.17, 15) is 8.42 Å². The summed E-state index contributed by atoms with van der Waals surface area (Å²) in [5.41, 5.74) is 7.72. The Bertz CT molecular complexity index is 601. The van der Waals surface area contributed by atoms with Gasteiger partial charge in [-0.15, -0.1) is 6.42 Å². The van der Waals surface area contributed by atoms with E-state index in [4.69, 9.17) is 12.2 Å². The molecule has 0 amide bonds. The third-order valence-electron chi connectivity index (χ3n) is 2.90. The van der Waals surface area contributed by atoms with Crippen LogP contribution in [0.1, 0.15) is 24.5 Å². The maximum atomic E-state index is 12.6. The number of hydrogen-bond donors (Lipinski definition) is 1. The largest absolute Gasteiger partial charge is 0.398 e. The lowest BCUT2D eigenvalue weighted by Crippen LogP contribution is -2.32. The third-order valence-corrected chi connectivity index (χ3v) is 4.87. The molecule has 19 heavy (non-hydrogen) atoms. The summed E-state index contributed by atoms with van der Waals surface area (Å²) in [5.74, 6) is 2.39. The van der Waals surface area contributed by atoms with E-state index in [1.54, 1.807) is 19.1 Å².